The van der Waals surface area contributed by atoms with Crippen LogP contribution in [0.4, 0.5) is 5.13 Å². The lowest BCUT2D eigenvalue weighted by Crippen LogP contribution is -2.03. The number of nitrogens with zero attached hydrogens (tertiary/aromatic N) is 4. The Morgan fingerprint density at radius 3 is 2.86 bits per heavy atom. The quantitative estimate of drug-likeness (QED) is 0.329. The molecule has 2 aromatic heterocycles. The van der Waals surface area contributed by atoms with Crippen LogP contribution in [0.5, 0.6) is 5.75 Å². The molecule has 0 radical (unpaired) electrons. The Hall–Kier alpha value is -3.16. The minimum Gasteiger partial charge on any atom is -0.496 e. The Labute approximate surface area is 177 Å². The van der Waals surface area contributed by atoms with Crippen molar-refractivity contribution in [1.82, 2.24) is 14.8 Å². The average molecular weight is 424 g/mol. The Morgan fingerprint density at radius 2 is 2.10 bits per heavy atom. The van der Waals surface area contributed by atoms with Crippen molar-refractivity contribution in [2.75, 3.05) is 12.5 Å². The number of ether oxygens (including phenoxy) is 1. The van der Waals surface area contributed by atoms with E-state index in [4.69, 9.17) is 16.3 Å². The maximum atomic E-state index is 5.95. The first kappa shape index (κ1) is 19.2. The van der Waals surface area contributed by atoms with Gasteiger partial charge in [-0.1, -0.05) is 41.9 Å². The minimum atomic E-state index is 0.553. The normalized spacial score (nSPS) is 11.1. The highest BCUT2D eigenvalue weighted by atomic mass is 35.5. The number of aromatic nitrogens is 3. The van der Waals surface area contributed by atoms with Crippen molar-refractivity contribution in [3.63, 3.8) is 0 Å². The minimum absolute atomic E-state index is 0.553. The summed E-state index contributed by atoms with van der Waals surface area (Å²) in [6, 6.07) is 15.9. The number of rotatable bonds is 7. The summed E-state index contributed by atoms with van der Waals surface area (Å²) in [5.74, 6) is 0.786. The fourth-order valence-electron chi connectivity index (χ4n) is 2.83. The lowest BCUT2D eigenvalue weighted by molar-refractivity contribution is 0.407. The van der Waals surface area contributed by atoms with Gasteiger partial charge in [-0.05, 0) is 23.8 Å². The molecule has 0 unspecified atom stereocenters. The molecule has 4 rings (SSSR count). The summed E-state index contributed by atoms with van der Waals surface area (Å²) < 4.78 is 7.22. The monoisotopic (exact) mass is 423 g/mol. The Balaban J connectivity index is 1.46. The van der Waals surface area contributed by atoms with E-state index in [1.165, 1.54) is 11.3 Å². The predicted octanol–water partition coefficient (Wildman–Crippen LogP) is 5.16. The predicted molar refractivity (Wildman–Crippen MR) is 118 cm³/mol. The van der Waals surface area contributed by atoms with E-state index in [2.05, 4.69) is 20.6 Å². The number of thiazole rings is 1. The van der Waals surface area contributed by atoms with Crippen molar-refractivity contribution < 1.29 is 4.74 Å². The second-order valence-electron chi connectivity index (χ2n) is 6.20. The van der Waals surface area contributed by atoms with Crippen molar-refractivity contribution >= 4 is 34.3 Å². The SMILES string of the molecule is COc1ccc(C=NNc2nc(-c3ccccc3)cs2)cc1Cn1cc(Cl)cn1. The van der Waals surface area contributed by atoms with E-state index >= 15 is 0 Å². The number of halogens is 1. The molecule has 0 aliphatic heterocycles. The zero-order valence-corrected chi connectivity index (χ0v) is 17.2. The van der Waals surface area contributed by atoms with Gasteiger partial charge in [0.15, 0.2) is 0 Å². The van der Waals surface area contributed by atoms with Gasteiger partial charge < -0.3 is 4.74 Å². The van der Waals surface area contributed by atoms with Crippen LogP contribution in [0.3, 0.4) is 0 Å². The number of anilines is 1. The van der Waals surface area contributed by atoms with Crippen LogP contribution in [0.1, 0.15) is 11.1 Å². The highest BCUT2D eigenvalue weighted by Gasteiger charge is 2.07. The van der Waals surface area contributed by atoms with Crippen LogP contribution in [-0.2, 0) is 6.54 Å². The molecule has 0 aliphatic rings. The third kappa shape index (κ3) is 4.82. The number of benzene rings is 2. The molecule has 29 heavy (non-hydrogen) atoms. The first-order chi connectivity index (χ1) is 14.2. The molecule has 8 heteroatoms. The van der Waals surface area contributed by atoms with Gasteiger partial charge in [0.25, 0.3) is 0 Å². The van der Waals surface area contributed by atoms with Crippen molar-refractivity contribution in [3.05, 3.63) is 82.5 Å². The zero-order valence-electron chi connectivity index (χ0n) is 15.6. The van der Waals surface area contributed by atoms with Crippen LogP contribution in [0.25, 0.3) is 11.3 Å². The summed E-state index contributed by atoms with van der Waals surface area (Å²) in [7, 11) is 1.65. The molecule has 0 saturated heterocycles. The fraction of sp³-hybridized carbons (Fsp3) is 0.0952. The third-order valence-corrected chi connectivity index (χ3v) is 5.13. The summed E-state index contributed by atoms with van der Waals surface area (Å²) >= 11 is 7.46. The van der Waals surface area contributed by atoms with E-state index in [9.17, 15) is 0 Å². The van der Waals surface area contributed by atoms with E-state index in [0.717, 1.165) is 33.3 Å². The van der Waals surface area contributed by atoms with E-state index in [-0.39, 0.29) is 0 Å². The van der Waals surface area contributed by atoms with Crippen LogP contribution in [-0.4, -0.2) is 28.1 Å². The largest absolute Gasteiger partial charge is 0.496 e. The Morgan fingerprint density at radius 1 is 1.24 bits per heavy atom. The first-order valence-electron chi connectivity index (χ1n) is 8.86. The van der Waals surface area contributed by atoms with Crippen LogP contribution < -0.4 is 10.2 Å². The molecule has 2 aromatic carbocycles. The van der Waals surface area contributed by atoms with Gasteiger partial charge in [-0.25, -0.2) is 4.98 Å². The second kappa shape index (κ2) is 8.89. The summed E-state index contributed by atoms with van der Waals surface area (Å²) in [6.45, 7) is 0.553. The van der Waals surface area contributed by atoms with Crippen LogP contribution in [0.15, 0.2) is 71.4 Å². The number of methoxy groups -OCH3 is 1. The van der Waals surface area contributed by atoms with Crippen molar-refractivity contribution in [1.29, 1.82) is 0 Å². The summed E-state index contributed by atoms with van der Waals surface area (Å²) in [5, 5.41) is 11.9. The van der Waals surface area contributed by atoms with Gasteiger partial charge in [0.05, 0.1) is 36.8 Å². The highest BCUT2D eigenvalue weighted by molar-refractivity contribution is 7.14. The lowest BCUT2D eigenvalue weighted by Gasteiger charge is -2.09. The molecule has 0 amide bonds. The molecule has 6 nitrogen and oxygen atoms in total. The van der Waals surface area contributed by atoms with Crippen molar-refractivity contribution in [2.24, 2.45) is 5.10 Å². The molecule has 146 valence electrons. The van der Waals surface area contributed by atoms with E-state index in [1.807, 2.05) is 53.9 Å². The average Bonchev–Trinajstić information content (AvgIpc) is 3.38. The molecule has 0 bridgehead atoms. The number of hydrogen-bond acceptors (Lipinski definition) is 6. The van der Waals surface area contributed by atoms with Gasteiger partial charge in [-0.3, -0.25) is 10.1 Å². The molecule has 1 N–H and O–H groups in total. The van der Waals surface area contributed by atoms with Gasteiger partial charge in [0, 0.05) is 22.7 Å². The van der Waals surface area contributed by atoms with Crippen molar-refractivity contribution in [3.8, 4) is 17.0 Å². The molecule has 0 atom stereocenters. The van der Waals surface area contributed by atoms with Gasteiger partial charge in [-0.2, -0.15) is 10.2 Å². The first-order valence-corrected chi connectivity index (χ1v) is 10.1. The number of hydrogen-bond donors (Lipinski definition) is 1. The van der Waals surface area contributed by atoms with Crippen LogP contribution >= 0.6 is 22.9 Å². The zero-order chi connectivity index (χ0) is 20.1. The van der Waals surface area contributed by atoms with Gasteiger partial charge >= 0.3 is 0 Å². The van der Waals surface area contributed by atoms with Gasteiger partial charge in [0.1, 0.15) is 5.75 Å². The molecular formula is C21H18ClN5OS. The molecule has 0 saturated carbocycles. The molecule has 0 fully saturated rings. The smallest absolute Gasteiger partial charge is 0.203 e. The summed E-state index contributed by atoms with van der Waals surface area (Å²) in [6.07, 6.45) is 5.14. The molecule has 0 aliphatic carbocycles. The van der Waals surface area contributed by atoms with Crippen LogP contribution in [0, 0.1) is 0 Å². The second-order valence-corrected chi connectivity index (χ2v) is 7.50. The number of hydrazone groups is 1. The molecule has 4 aromatic rings. The van der Waals surface area contributed by atoms with E-state index < -0.39 is 0 Å². The molecule has 0 spiro atoms. The third-order valence-electron chi connectivity index (χ3n) is 4.19. The Bertz CT molecular complexity index is 1120. The van der Waals surface area contributed by atoms with Crippen molar-refractivity contribution in [2.45, 2.75) is 6.54 Å². The lowest BCUT2D eigenvalue weighted by atomic mass is 10.1. The summed E-state index contributed by atoms with van der Waals surface area (Å²) in [5.41, 5.74) is 6.93. The molecular weight excluding hydrogens is 406 g/mol. The van der Waals surface area contributed by atoms with Gasteiger partial charge in [-0.15, -0.1) is 11.3 Å². The summed E-state index contributed by atoms with van der Waals surface area (Å²) in [4.78, 5) is 4.56. The highest BCUT2D eigenvalue weighted by Crippen LogP contribution is 2.25. The topological polar surface area (TPSA) is 64.3 Å². The van der Waals surface area contributed by atoms with E-state index in [1.54, 1.807) is 30.4 Å². The standard InChI is InChI=1S/C21H18ClN5OS/c1-28-20-8-7-15(9-17(20)12-27-13-18(22)11-24-27)10-23-26-21-25-19(14-29-21)16-5-3-2-4-6-16/h2-11,13-14H,12H2,1H3,(H,25,26). The molecule has 2 heterocycles. The van der Waals surface area contributed by atoms with Gasteiger partial charge in [0.2, 0.25) is 5.13 Å². The Kier molecular flexibility index (Phi) is 5.88. The van der Waals surface area contributed by atoms with E-state index in [0.29, 0.717) is 11.6 Å². The van der Waals surface area contributed by atoms with Crippen LogP contribution in [0.2, 0.25) is 5.02 Å². The maximum absolute atomic E-state index is 5.95. The number of nitrogens with one attached hydrogen (secondary N) is 1. The maximum Gasteiger partial charge on any atom is 0.203 e. The fourth-order valence-corrected chi connectivity index (χ4v) is 3.66.